The lowest BCUT2D eigenvalue weighted by Crippen LogP contribution is -1.84. The van der Waals surface area contributed by atoms with Crippen LogP contribution in [0.1, 0.15) is 26.2 Å². The molecule has 9 heavy (non-hydrogen) atoms. The zero-order valence-corrected chi connectivity index (χ0v) is 6.01. The first-order valence-corrected chi connectivity index (χ1v) is 3.73. The summed E-state index contributed by atoms with van der Waals surface area (Å²) in [5.74, 6) is 0.658. The molecule has 1 aliphatic rings. The third-order valence-electron chi connectivity index (χ3n) is 1.62. The van der Waals surface area contributed by atoms with E-state index >= 15 is 0 Å². The maximum Gasteiger partial charge on any atom is -0.00819 e. The van der Waals surface area contributed by atoms with E-state index in [1.165, 1.54) is 19.3 Å². The van der Waals surface area contributed by atoms with Gasteiger partial charge in [0.2, 0.25) is 0 Å². The van der Waals surface area contributed by atoms with E-state index in [4.69, 9.17) is 0 Å². The van der Waals surface area contributed by atoms with Crippen molar-refractivity contribution in [2.75, 3.05) is 0 Å². The molecule has 0 heterocycles. The van der Waals surface area contributed by atoms with Crippen molar-refractivity contribution in [1.29, 1.82) is 0 Å². The van der Waals surface area contributed by atoms with Crippen LogP contribution < -0.4 is 0 Å². The molecule has 0 aromatic heterocycles. The second kappa shape index (κ2) is 3.49. The van der Waals surface area contributed by atoms with Gasteiger partial charge in [-0.2, -0.15) is 0 Å². The summed E-state index contributed by atoms with van der Waals surface area (Å²) in [5, 5.41) is 0. The van der Waals surface area contributed by atoms with E-state index in [9.17, 15) is 0 Å². The van der Waals surface area contributed by atoms with E-state index < -0.39 is 0 Å². The lowest BCUT2D eigenvalue weighted by atomic mass is 10.1. The quantitative estimate of drug-likeness (QED) is 0.433. The van der Waals surface area contributed by atoms with Crippen molar-refractivity contribution in [3.8, 4) is 0 Å². The van der Waals surface area contributed by atoms with Crippen LogP contribution in [0.2, 0.25) is 0 Å². The standard InChI is InChI=1S/C9H14/c1-9-7-5-3-2-4-6-8-9/h5-9H,2-4H2,1H3/b7-5-,8-6?. The Morgan fingerprint density at radius 3 is 2.22 bits per heavy atom. The smallest absolute Gasteiger partial charge is 0.00819 e. The molecule has 0 nitrogen and oxygen atoms in total. The molecule has 0 saturated heterocycles. The Balaban J connectivity index is 2.44. The number of rotatable bonds is 0. The number of allylic oxidation sites excluding steroid dienone is 4. The minimum atomic E-state index is 0.658. The molecule has 0 bridgehead atoms. The van der Waals surface area contributed by atoms with Crippen LogP contribution in [-0.4, -0.2) is 0 Å². The summed E-state index contributed by atoms with van der Waals surface area (Å²) in [5.41, 5.74) is 0. The minimum absolute atomic E-state index is 0.658. The summed E-state index contributed by atoms with van der Waals surface area (Å²) in [7, 11) is 0. The molecule has 1 atom stereocenters. The van der Waals surface area contributed by atoms with Crippen LogP contribution >= 0.6 is 0 Å². The topological polar surface area (TPSA) is 0 Å². The summed E-state index contributed by atoms with van der Waals surface area (Å²) in [4.78, 5) is 0. The van der Waals surface area contributed by atoms with Gasteiger partial charge in [0.05, 0.1) is 0 Å². The highest BCUT2D eigenvalue weighted by molar-refractivity contribution is 5.00. The van der Waals surface area contributed by atoms with E-state index in [0.29, 0.717) is 5.92 Å². The van der Waals surface area contributed by atoms with Crippen LogP contribution in [0, 0.1) is 5.92 Å². The lowest BCUT2D eigenvalue weighted by Gasteiger charge is -2.00. The first-order chi connectivity index (χ1) is 4.39. The van der Waals surface area contributed by atoms with Gasteiger partial charge in [-0.3, -0.25) is 0 Å². The predicted molar refractivity (Wildman–Crippen MR) is 41.3 cm³/mol. The summed E-state index contributed by atoms with van der Waals surface area (Å²) >= 11 is 0. The summed E-state index contributed by atoms with van der Waals surface area (Å²) in [6.07, 6.45) is 13.0. The Bertz CT molecular complexity index is 106. The largest absolute Gasteiger partial charge is 0.0879 e. The van der Waals surface area contributed by atoms with Crippen LogP contribution in [0.3, 0.4) is 0 Å². The summed E-state index contributed by atoms with van der Waals surface area (Å²) in [6, 6.07) is 0. The summed E-state index contributed by atoms with van der Waals surface area (Å²) < 4.78 is 0. The average molecular weight is 122 g/mol. The zero-order chi connectivity index (χ0) is 6.53. The molecule has 0 spiro atoms. The number of hydrogen-bond acceptors (Lipinski definition) is 0. The molecule has 0 fully saturated rings. The Morgan fingerprint density at radius 1 is 1.11 bits per heavy atom. The molecule has 1 unspecified atom stereocenters. The fourth-order valence-electron chi connectivity index (χ4n) is 1.04. The zero-order valence-electron chi connectivity index (χ0n) is 6.01. The van der Waals surface area contributed by atoms with E-state index in [1.54, 1.807) is 0 Å². The predicted octanol–water partition coefficient (Wildman–Crippen LogP) is 2.92. The summed E-state index contributed by atoms with van der Waals surface area (Å²) in [6.45, 7) is 2.22. The van der Waals surface area contributed by atoms with Gasteiger partial charge in [0.25, 0.3) is 0 Å². The second-order valence-electron chi connectivity index (χ2n) is 2.65. The van der Waals surface area contributed by atoms with Crippen molar-refractivity contribution in [2.24, 2.45) is 5.92 Å². The van der Waals surface area contributed by atoms with E-state index in [1.807, 2.05) is 0 Å². The van der Waals surface area contributed by atoms with Gasteiger partial charge in [-0.25, -0.2) is 0 Å². The Labute approximate surface area is 57.3 Å². The second-order valence-corrected chi connectivity index (χ2v) is 2.65. The van der Waals surface area contributed by atoms with Gasteiger partial charge in [-0.1, -0.05) is 31.2 Å². The normalized spacial score (nSPS) is 31.0. The Morgan fingerprint density at radius 2 is 1.67 bits per heavy atom. The minimum Gasteiger partial charge on any atom is -0.0879 e. The lowest BCUT2D eigenvalue weighted by molar-refractivity contribution is 0.820. The van der Waals surface area contributed by atoms with Crippen molar-refractivity contribution in [2.45, 2.75) is 26.2 Å². The van der Waals surface area contributed by atoms with E-state index in [-0.39, 0.29) is 0 Å². The van der Waals surface area contributed by atoms with Crippen LogP contribution in [-0.2, 0) is 0 Å². The molecular formula is C9H14. The van der Waals surface area contributed by atoms with Gasteiger partial charge < -0.3 is 0 Å². The van der Waals surface area contributed by atoms with E-state index in [2.05, 4.69) is 31.2 Å². The van der Waals surface area contributed by atoms with Crippen molar-refractivity contribution in [1.82, 2.24) is 0 Å². The van der Waals surface area contributed by atoms with Crippen LogP contribution in [0.15, 0.2) is 24.3 Å². The molecule has 0 heteroatoms. The van der Waals surface area contributed by atoms with Crippen LogP contribution in [0.5, 0.6) is 0 Å². The fourth-order valence-corrected chi connectivity index (χ4v) is 1.04. The van der Waals surface area contributed by atoms with Gasteiger partial charge in [-0.05, 0) is 25.2 Å². The molecule has 0 aliphatic heterocycles. The molecule has 0 radical (unpaired) electrons. The molecule has 0 aromatic rings. The highest BCUT2D eigenvalue weighted by Crippen LogP contribution is 2.08. The highest BCUT2D eigenvalue weighted by atomic mass is 14.0. The van der Waals surface area contributed by atoms with Crippen molar-refractivity contribution in [3.63, 3.8) is 0 Å². The van der Waals surface area contributed by atoms with E-state index in [0.717, 1.165) is 0 Å². The Hall–Kier alpha value is -0.520. The third kappa shape index (κ3) is 2.50. The SMILES string of the molecule is CC1C=CCCC/C=C\1. The molecule has 0 amide bonds. The third-order valence-corrected chi connectivity index (χ3v) is 1.62. The van der Waals surface area contributed by atoms with Crippen molar-refractivity contribution in [3.05, 3.63) is 24.3 Å². The maximum atomic E-state index is 2.29. The fraction of sp³-hybridized carbons (Fsp3) is 0.556. The van der Waals surface area contributed by atoms with Crippen molar-refractivity contribution >= 4 is 0 Å². The van der Waals surface area contributed by atoms with Crippen LogP contribution in [0.25, 0.3) is 0 Å². The number of hydrogen-bond donors (Lipinski definition) is 0. The average Bonchev–Trinajstić information content (AvgIpc) is 1.79. The van der Waals surface area contributed by atoms with Crippen molar-refractivity contribution < 1.29 is 0 Å². The van der Waals surface area contributed by atoms with Gasteiger partial charge in [0.15, 0.2) is 0 Å². The van der Waals surface area contributed by atoms with Gasteiger partial charge in [-0.15, -0.1) is 0 Å². The van der Waals surface area contributed by atoms with Gasteiger partial charge in [0.1, 0.15) is 0 Å². The maximum absolute atomic E-state index is 2.29. The first kappa shape index (κ1) is 6.60. The molecule has 50 valence electrons. The molecule has 1 rings (SSSR count). The molecule has 0 aromatic carbocycles. The highest BCUT2D eigenvalue weighted by Gasteiger charge is 1.91. The first-order valence-electron chi connectivity index (χ1n) is 3.73. The molecular weight excluding hydrogens is 108 g/mol. The molecule has 0 saturated carbocycles. The Kier molecular flexibility index (Phi) is 2.56. The van der Waals surface area contributed by atoms with Gasteiger partial charge in [0, 0.05) is 0 Å². The van der Waals surface area contributed by atoms with Crippen LogP contribution in [0.4, 0.5) is 0 Å². The molecule has 1 aliphatic carbocycles. The molecule has 0 N–H and O–H groups in total. The monoisotopic (exact) mass is 122 g/mol. The van der Waals surface area contributed by atoms with Gasteiger partial charge >= 0.3 is 0 Å².